The van der Waals surface area contributed by atoms with Crippen LogP contribution in [0, 0.1) is 5.92 Å². The van der Waals surface area contributed by atoms with Gasteiger partial charge in [-0.3, -0.25) is 19.5 Å². The van der Waals surface area contributed by atoms with E-state index in [0.29, 0.717) is 25.5 Å². The van der Waals surface area contributed by atoms with Crippen LogP contribution in [0.25, 0.3) is 11.0 Å². The van der Waals surface area contributed by atoms with E-state index < -0.39 is 17.9 Å². The van der Waals surface area contributed by atoms with Crippen LogP contribution < -0.4 is 4.90 Å². The SMILES string of the molecule is CCOC(=O)C1C(=O)N(CCCOC)c2nc3ccccc3n2C1c1cccnc1. The maximum Gasteiger partial charge on any atom is 0.321 e. The van der Waals surface area contributed by atoms with Gasteiger partial charge in [0.05, 0.1) is 23.7 Å². The lowest BCUT2D eigenvalue weighted by Gasteiger charge is -2.37. The minimum absolute atomic E-state index is 0.198. The molecule has 3 heterocycles. The van der Waals surface area contributed by atoms with Crippen LogP contribution in [-0.4, -0.2) is 53.3 Å². The normalized spacial score (nSPS) is 18.5. The number of imidazole rings is 1. The molecule has 2 atom stereocenters. The second kappa shape index (κ2) is 8.62. The molecule has 1 amide bonds. The molecule has 8 nitrogen and oxygen atoms in total. The molecule has 8 heteroatoms. The fourth-order valence-corrected chi connectivity index (χ4v) is 3.98. The smallest absolute Gasteiger partial charge is 0.321 e. The Morgan fingerprint density at radius 3 is 2.77 bits per heavy atom. The molecule has 2 unspecified atom stereocenters. The predicted molar refractivity (Wildman–Crippen MR) is 111 cm³/mol. The van der Waals surface area contributed by atoms with Gasteiger partial charge in [-0.2, -0.15) is 0 Å². The molecule has 0 fully saturated rings. The number of ether oxygens (including phenoxy) is 2. The third-order valence-electron chi connectivity index (χ3n) is 5.24. The quantitative estimate of drug-likeness (QED) is 0.339. The van der Waals surface area contributed by atoms with E-state index in [0.717, 1.165) is 16.6 Å². The van der Waals surface area contributed by atoms with Gasteiger partial charge < -0.3 is 14.0 Å². The van der Waals surface area contributed by atoms with Crippen molar-refractivity contribution in [2.75, 3.05) is 31.8 Å². The van der Waals surface area contributed by atoms with Crippen molar-refractivity contribution in [3.63, 3.8) is 0 Å². The van der Waals surface area contributed by atoms with Crippen molar-refractivity contribution >= 4 is 28.9 Å². The predicted octanol–water partition coefficient (Wildman–Crippen LogP) is 2.58. The number of anilines is 1. The molecule has 30 heavy (non-hydrogen) atoms. The minimum Gasteiger partial charge on any atom is -0.465 e. The third-order valence-corrected chi connectivity index (χ3v) is 5.24. The first-order valence-electron chi connectivity index (χ1n) is 10.0. The molecule has 156 valence electrons. The summed E-state index contributed by atoms with van der Waals surface area (Å²) in [5, 5.41) is 0. The summed E-state index contributed by atoms with van der Waals surface area (Å²) >= 11 is 0. The van der Waals surface area contributed by atoms with Crippen LogP contribution in [0.1, 0.15) is 24.9 Å². The van der Waals surface area contributed by atoms with E-state index in [-0.39, 0.29) is 12.5 Å². The molecule has 1 aliphatic heterocycles. The molecule has 0 aliphatic carbocycles. The van der Waals surface area contributed by atoms with Crippen LogP contribution in [0.15, 0.2) is 48.8 Å². The molecular weight excluding hydrogens is 384 g/mol. The Labute approximate surface area is 174 Å². The van der Waals surface area contributed by atoms with Gasteiger partial charge in [0.15, 0.2) is 5.92 Å². The van der Waals surface area contributed by atoms with E-state index >= 15 is 0 Å². The molecule has 1 aromatic carbocycles. The Kier molecular flexibility index (Phi) is 5.76. The standard InChI is InChI=1S/C22H24N4O4/c1-3-30-21(28)18-19(15-8-6-11-23-14-15)26-17-10-5-4-9-16(17)24-22(26)25(20(18)27)12-7-13-29-2/h4-6,8-11,14,18-19H,3,7,12-13H2,1-2H3. The second-order valence-corrected chi connectivity index (χ2v) is 7.07. The zero-order chi connectivity index (χ0) is 21.1. The monoisotopic (exact) mass is 408 g/mol. The average molecular weight is 408 g/mol. The van der Waals surface area contributed by atoms with E-state index in [1.54, 1.807) is 37.4 Å². The van der Waals surface area contributed by atoms with Crippen LogP contribution in [0.2, 0.25) is 0 Å². The number of hydrogen-bond donors (Lipinski definition) is 0. The first-order chi connectivity index (χ1) is 14.7. The van der Waals surface area contributed by atoms with Crippen LogP contribution in [-0.2, 0) is 19.1 Å². The fourth-order valence-electron chi connectivity index (χ4n) is 3.98. The Bertz CT molecular complexity index is 1050. The number of pyridine rings is 1. The van der Waals surface area contributed by atoms with Crippen LogP contribution in [0.5, 0.6) is 0 Å². The molecule has 0 saturated carbocycles. The number of amides is 1. The summed E-state index contributed by atoms with van der Waals surface area (Å²) < 4.78 is 12.4. The molecule has 0 radical (unpaired) electrons. The van der Waals surface area contributed by atoms with Gasteiger partial charge in [-0.1, -0.05) is 18.2 Å². The van der Waals surface area contributed by atoms with E-state index in [1.807, 2.05) is 34.9 Å². The average Bonchev–Trinajstić information content (AvgIpc) is 3.14. The number of aromatic nitrogens is 3. The van der Waals surface area contributed by atoms with Crippen molar-refractivity contribution in [3.8, 4) is 0 Å². The molecule has 0 saturated heterocycles. The molecule has 1 aliphatic rings. The highest BCUT2D eigenvalue weighted by atomic mass is 16.5. The first kappa shape index (κ1) is 20.0. The number of para-hydroxylation sites is 2. The zero-order valence-electron chi connectivity index (χ0n) is 17.0. The summed E-state index contributed by atoms with van der Waals surface area (Å²) in [6.07, 6.45) is 3.97. The number of carbonyl (C=O) groups excluding carboxylic acids is 2. The summed E-state index contributed by atoms with van der Waals surface area (Å²) in [6.45, 7) is 2.83. The number of rotatable bonds is 7. The molecule has 0 N–H and O–H groups in total. The summed E-state index contributed by atoms with van der Waals surface area (Å²) in [6, 6.07) is 10.7. The van der Waals surface area contributed by atoms with E-state index in [9.17, 15) is 9.59 Å². The van der Waals surface area contributed by atoms with Crippen molar-refractivity contribution < 1.29 is 19.1 Å². The molecule has 0 bridgehead atoms. The highest BCUT2D eigenvalue weighted by Crippen LogP contribution is 2.41. The molecule has 0 spiro atoms. The lowest BCUT2D eigenvalue weighted by molar-refractivity contribution is -0.153. The lowest BCUT2D eigenvalue weighted by Crippen LogP contribution is -2.50. The fraction of sp³-hybridized carbons (Fsp3) is 0.364. The van der Waals surface area contributed by atoms with Crippen molar-refractivity contribution in [3.05, 3.63) is 54.4 Å². The van der Waals surface area contributed by atoms with E-state index in [4.69, 9.17) is 14.5 Å². The Hall–Kier alpha value is -3.26. The lowest BCUT2D eigenvalue weighted by atomic mass is 9.90. The van der Waals surface area contributed by atoms with Crippen molar-refractivity contribution in [1.29, 1.82) is 0 Å². The number of hydrogen-bond acceptors (Lipinski definition) is 6. The topological polar surface area (TPSA) is 86.5 Å². The van der Waals surface area contributed by atoms with Gasteiger partial charge in [0.2, 0.25) is 11.9 Å². The van der Waals surface area contributed by atoms with Crippen LogP contribution in [0.3, 0.4) is 0 Å². The van der Waals surface area contributed by atoms with Crippen molar-refractivity contribution in [1.82, 2.24) is 14.5 Å². The molecule has 3 aromatic rings. The summed E-state index contributed by atoms with van der Waals surface area (Å²) in [4.78, 5) is 37.1. The zero-order valence-corrected chi connectivity index (χ0v) is 17.0. The van der Waals surface area contributed by atoms with Gasteiger partial charge in [0, 0.05) is 32.7 Å². The summed E-state index contributed by atoms with van der Waals surface area (Å²) in [7, 11) is 1.62. The van der Waals surface area contributed by atoms with Gasteiger partial charge in [-0.15, -0.1) is 0 Å². The van der Waals surface area contributed by atoms with Crippen molar-refractivity contribution in [2.45, 2.75) is 19.4 Å². The Balaban J connectivity index is 1.93. The van der Waals surface area contributed by atoms with Gasteiger partial charge >= 0.3 is 5.97 Å². The number of nitrogens with zero attached hydrogens (tertiary/aromatic N) is 4. The minimum atomic E-state index is -1.03. The Morgan fingerprint density at radius 2 is 2.03 bits per heavy atom. The number of esters is 1. The van der Waals surface area contributed by atoms with E-state index in [2.05, 4.69) is 4.98 Å². The molecular formula is C22H24N4O4. The van der Waals surface area contributed by atoms with Gasteiger partial charge in [-0.05, 0) is 37.1 Å². The maximum absolute atomic E-state index is 13.6. The Morgan fingerprint density at radius 1 is 1.20 bits per heavy atom. The highest BCUT2D eigenvalue weighted by molar-refractivity contribution is 6.08. The summed E-state index contributed by atoms with van der Waals surface area (Å²) in [5.41, 5.74) is 2.36. The van der Waals surface area contributed by atoms with Crippen LogP contribution in [0.4, 0.5) is 5.95 Å². The number of fused-ring (bicyclic) bond motifs is 3. The van der Waals surface area contributed by atoms with E-state index in [1.165, 1.54) is 0 Å². The second-order valence-electron chi connectivity index (χ2n) is 7.07. The molecule has 4 rings (SSSR count). The summed E-state index contributed by atoms with van der Waals surface area (Å²) in [5.74, 6) is -1.37. The largest absolute Gasteiger partial charge is 0.465 e. The van der Waals surface area contributed by atoms with Crippen molar-refractivity contribution in [2.24, 2.45) is 5.92 Å². The van der Waals surface area contributed by atoms with Crippen LogP contribution >= 0.6 is 0 Å². The van der Waals surface area contributed by atoms with Gasteiger partial charge in [0.1, 0.15) is 0 Å². The van der Waals surface area contributed by atoms with Gasteiger partial charge in [-0.25, -0.2) is 4.98 Å². The molecule has 2 aromatic heterocycles. The third kappa shape index (κ3) is 3.43. The number of carbonyl (C=O) groups is 2. The van der Waals surface area contributed by atoms with Gasteiger partial charge in [0.25, 0.3) is 0 Å². The first-order valence-corrected chi connectivity index (χ1v) is 10.0. The number of benzene rings is 1. The maximum atomic E-state index is 13.6. The number of methoxy groups -OCH3 is 1. The highest BCUT2D eigenvalue weighted by Gasteiger charge is 2.47.